The molecular weight excluding hydrogens is 1220 g/mol. The van der Waals surface area contributed by atoms with Gasteiger partial charge in [0.25, 0.3) is 11.8 Å². The standard InChI is InChI=1S/C34H41ClN4O7.C34H43ClN4O7/c1-17-12-22-29-25(37-24-15-21(35)10-11-23(24)38-29)16-26(31(22)41)39-33(42)18(2)8-7-9-27(44-5)32(46-34(36)43)20(4)14-19(3)30(40)28(13-17)45-6;1-17-12-22-29-25(37-23-11-10-21(35)15-24(23)38-29)16-26(31(22)41)39-33(42)18(2)8-7-9-27(44-5)32(46-34(36)43)20(4)14-19(3)30(40)28(13-17)45-6/h7-11,14-17,19,27-28,30,32,40-41H,12-13H2,1-6H3,(H2,36,43)(H,39,42);7-11,14-17,19,21-22,27-28,30,32,40-41H,12-13H2,1-6H3,(H2,36,43)(H,39,42)/b2*9-7-,18-8+,20-14+. The molecule has 494 valence electrons. The molecule has 4 aliphatic rings. The number of nitrogens with one attached hydrogen (secondary N) is 2. The van der Waals surface area contributed by atoms with Crippen molar-refractivity contribution in [2.24, 2.45) is 35.1 Å². The highest BCUT2D eigenvalue weighted by molar-refractivity contribution is 6.31. The number of allylic oxidation sites excluding steroid dienone is 7. The number of nitrogens with two attached hydrogens (primary N) is 2. The second-order valence-electron chi connectivity index (χ2n) is 23.9. The van der Waals surface area contributed by atoms with Crippen LogP contribution in [0.25, 0.3) is 40.3 Å². The van der Waals surface area contributed by atoms with Crippen LogP contribution >= 0.6 is 23.2 Å². The summed E-state index contributed by atoms with van der Waals surface area (Å²) in [7, 11) is 5.99. The zero-order valence-corrected chi connectivity index (χ0v) is 55.2. The SMILES string of the molecule is COC1/C=C\C=C(/C)C(=O)NC2=C(O)C(CC(C)CC(OC)C(O)C(C)/C=C(\C)C1OC(N)=O)c1nc3c(nc1=C2)C=CC(Cl)C=3.COC1/C=C\C=C(/C)C(=O)Nc2cc3nc4cc(Cl)ccc4nc3c(c2O)CC(C)CC(OC)C(O)C(C)/C=C(\C)C1OC(N)=O. The summed E-state index contributed by atoms with van der Waals surface area (Å²) >= 11 is 12.5. The minimum atomic E-state index is -0.983. The number of anilines is 1. The average Bonchev–Trinajstić information content (AvgIpc) is 0.784. The van der Waals surface area contributed by atoms with Crippen molar-refractivity contribution in [3.63, 3.8) is 0 Å². The Bertz CT molecular complexity index is 3810. The van der Waals surface area contributed by atoms with Crippen LogP contribution in [0.4, 0.5) is 15.3 Å². The molecule has 14 atom stereocenters. The third kappa shape index (κ3) is 17.9. The van der Waals surface area contributed by atoms with Crippen molar-refractivity contribution in [1.82, 2.24) is 25.3 Å². The van der Waals surface area contributed by atoms with E-state index in [0.717, 1.165) is 0 Å². The molecule has 22 nitrogen and oxygen atoms in total. The Balaban J connectivity index is 0.000000261. The average molecular weight is 1310 g/mol. The Morgan fingerprint density at radius 2 is 1.21 bits per heavy atom. The Morgan fingerprint density at radius 3 is 1.75 bits per heavy atom. The molecule has 2 aromatic carbocycles. The predicted octanol–water partition coefficient (Wildman–Crippen LogP) is 8.63. The highest BCUT2D eigenvalue weighted by atomic mass is 35.5. The summed E-state index contributed by atoms with van der Waals surface area (Å²) in [5.74, 6) is -2.66. The van der Waals surface area contributed by atoms with Crippen molar-refractivity contribution in [2.75, 3.05) is 33.8 Å². The number of aromatic hydroxyl groups is 1. The molecule has 24 heteroatoms. The number of benzene rings is 2. The van der Waals surface area contributed by atoms with E-state index in [0.29, 0.717) is 103 Å². The number of primary amides is 2. The number of methoxy groups -OCH3 is 4. The minimum absolute atomic E-state index is 0.0377. The van der Waals surface area contributed by atoms with E-state index in [-0.39, 0.29) is 40.1 Å². The Labute approximate surface area is 545 Å². The summed E-state index contributed by atoms with van der Waals surface area (Å²) in [4.78, 5) is 69.4. The molecule has 4 aromatic rings. The zero-order chi connectivity index (χ0) is 67.4. The van der Waals surface area contributed by atoms with Gasteiger partial charge in [0.05, 0.1) is 91.2 Å². The van der Waals surface area contributed by atoms with E-state index >= 15 is 0 Å². The summed E-state index contributed by atoms with van der Waals surface area (Å²) < 4.78 is 33.6. The molecule has 0 spiro atoms. The molecule has 4 heterocycles. The van der Waals surface area contributed by atoms with Crippen LogP contribution in [0.1, 0.15) is 97.5 Å². The van der Waals surface area contributed by atoms with Crippen molar-refractivity contribution in [3.8, 4) is 5.75 Å². The molecule has 2 aliphatic carbocycles. The maximum absolute atomic E-state index is 13.3. The lowest BCUT2D eigenvalue weighted by atomic mass is 9.83. The second-order valence-corrected chi connectivity index (χ2v) is 24.8. The summed E-state index contributed by atoms with van der Waals surface area (Å²) in [6.45, 7) is 14.5. The minimum Gasteiger partial charge on any atom is -0.509 e. The van der Waals surface area contributed by atoms with Crippen molar-refractivity contribution in [1.29, 1.82) is 0 Å². The zero-order valence-electron chi connectivity index (χ0n) is 53.7. The molecule has 0 saturated heterocycles. The number of phenolic OH excluding ortho intramolecular Hbond substituents is 1. The number of aliphatic hydroxyl groups excluding tert-OH is 3. The first-order chi connectivity index (χ1) is 43.6. The van der Waals surface area contributed by atoms with Crippen LogP contribution in [-0.2, 0) is 44.4 Å². The van der Waals surface area contributed by atoms with Crippen molar-refractivity contribution in [3.05, 3.63) is 145 Å². The number of alkyl halides is 1. The number of carbonyl (C=O) groups excluding carboxylic acids is 4. The number of halogens is 2. The van der Waals surface area contributed by atoms with Gasteiger partial charge in [0, 0.05) is 62.0 Å². The van der Waals surface area contributed by atoms with Gasteiger partial charge in [0.1, 0.15) is 23.7 Å². The van der Waals surface area contributed by atoms with Crippen LogP contribution in [0.2, 0.25) is 5.02 Å². The molecule has 0 fully saturated rings. The van der Waals surface area contributed by atoms with Gasteiger partial charge in [-0.1, -0.05) is 94.0 Å². The number of hydrogen-bond donors (Lipinski definition) is 8. The van der Waals surface area contributed by atoms with E-state index in [1.165, 1.54) is 21.3 Å². The quantitative estimate of drug-likeness (QED) is 0.0387. The third-order valence-corrected chi connectivity index (χ3v) is 17.2. The van der Waals surface area contributed by atoms with Crippen molar-refractivity contribution < 1.29 is 68.0 Å². The predicted molar refractivity (Wildman–Crippen MR) is 353 cm³/mol. The summed E-state index contributed by atoms with van der Waals surface area (Å²) in [5.41, 5.74) is 16.9. The Morgan fingerprint density at radius 1 is 0.652 bits per heavy atom. The molecule has 0 radical (unpaired) electrons. The summed E-state index contributed by atoms with van der Waals surface area (Å²) in [6, 6.07) is 6.78. The van der Waals surface area contributed by atoms with Crippen LogP contribution in [-0.4, -0.2) is 147 Å². The van der Waals surface area contributed by atoms with Crippen molar-refractivity contribution in [2.45, 2.75) is 141 Å². The molecule has 14 unspecified atom stereocenters. The number of aromatic nitrogens is 4. The van der Waals surface area contributed by atoms with E-state index < -0.39 is 90.6 Å². The van der Waals surface area contributed by atoms with E-state index in [1.807, 2.05) is 39.8 Å². The molecule has 2 aromatic heterocycles. The van der Waals surface area contributed by atoms with Crippen LogP contribution < -0.4 is 32.8 Å². The maximum atomic E-state index is 13.3. The first kappa shape index (κ1) is 71.6. The number of phenols is 1. The Hall–Kier alpha value is -7.80. The molecule has 10 N–H and O–H groups in total. The summed E-state index contributed by atoms with van der Waals surface area (Å²) in [5, 5.41) is 52.8. The number of ether oxygens (including phenoxy) is 6. The summed E-state index contributed by atoms with van der Waals surface area (Å²) in [6.07, 6.45) is 13.7. The number of carbonyl (C=O) groups is 4. The normalized spacial score (nSPS) is 30.8. The van der Waals surface area contributed by atoms with Gasteiger partial charge in [-0.2, -0.15) is 0 Å². The smallest absolute Gasteiger partial charge is 0.405 e. The largest absolute Gasteiger partial charge is 0.509 e. The van der Waals surface area contributed by atoms with E-state index in [4.69, 9.17) is 83.0 Å². The first-order valence-electron chi connectivity index (χ1n) is 30.2. The molecule has 92 heavy (non-hydrogen) atoms. The number of nitrogens with zero attached hydrogens (tertiary/aromatic N) is 4. The number of rotatable bonds is 6. The van der Waals surface area contributed by atoms with Crippen molar-refractivity contribution >= 4 is 93.2 Å². The third-order valence-electron chi connectivity index (χ3n) is 16.7. The van der Waals surface area contributed by atoms with Gasteiger partial charge in [-0.15, -0.1) is 11.6 Å². The van der Waals surface area contributed by atoms with E-state index in [9.17, 15) is 39.6 Å². The van der Waals surface area contributed by atoms with Crippen LogP contribution in [0.15, 0.2) is 113 Å². The highest BCUT2D eigenvalue weighted by Crippen LogP contribution is 2.39. The van der Waals surface area contributed by atoms with E-state index in [2.05, 4.69) is 10.6 Å². The van der Waals surface area contributed by atoms with Gasteiger partial charge in [0.2, 0.25) is 0 Å². The Kier molecular flexibility index (Phi) is 25.0. The fourth-order valence-corrected chi connectivity index (χ4v) is 12.1. The van der Waals surface area contributed by atoms with Crippen LogP contribution in [0.3, 0.4) is 0 Å². The molecule has 4 amide bonds. The molecule has 8 rings (SSSR count). The number of amides is 4. The first-order valence-corrected chi connectivity index (χ1v) is 31.0. The van der Waals surface area contributed by atoms with Crippen LogP contribution in [0.5, 0.6) is 5.75 Å². The molecule has 2 aliphatic heterocycles. The van der Waals surface area contributed by atoms with Gasteiger partial charge in [-0.05, 0) is 119 Å². The lowest BCUT2D eigenvalue weighted by molar-refractivity contribution is -0.116. The highest BCUT2D eigenvalue weighted by Gasteiger charge is 2.35. The van der Waals surface area contributed by atoms with Crippen LogP contribution in [0, 0.1) is 23.7 Å². The number of aliphatic hydroxyl groups is 3. The van der Waals surface area contributed by atoms with Gasteiger partial charge in [0.15, 0.2) is 12.2 Å². The van der Waals surface area contributed by atoms with Gasteiger partial charge < -0.3 is 70.9 Å². The fourth-order valence-electron chi connectivity index (χ4n) is 11.7. The molecule has 0 saturated carbocycles. The van der Waals surface area contributed by atoms with Gasteiger partial charge in [-0.25, -0.2) is 29.5 Å². The molecular formula is C68H84Cl2N8O14. The van der Waals surface area contributed by atoms with Gasteiger partial charge in [-0.3, -0.25) is 9.59 Å². The maximum Gasteiger partial charge on any atom is 0.405 e. The lowest BCUT2D eigenvalue weighted by Crippen LogP contribution is -2.38. The monoisotopic (exact) mass is 1310 g/mol. The van der Waals surface area contributed by atoms with E-state index in [1.54, 1.807) is 120 Å². The molecule has 4 bridgehead atoms. The topological polar surface area (TPSA) is 332 Å². The second kappa shape index (κ2) is 32.2. The number of fused-ring (bicyclic) bond motifs is 9. The number of hydrogen-bond acceptors (Lipinski definition) is 18. The van der Waals surface area contributed by atoms with Gasteiger partial charge >= 0.3 is 12.2 Å². The lowest BCUT2D eigenvalue weighted by Gasteiger charge is -2.31. The fraction of sp³-hybridized carbons (Fsp3) is 0.441.